The first-order valence-corrected chi connectivity index (χ1v) is 5.03. The van der Waals surface area contributed by atoms with Crippen molar-refractivity contribution in [3.63, 3.8) is 0 Å². The summed E-state index contributed by atoms with van der Waals surface area (Å²) in [5.41, 5.74) is 0.518. The molecule has 0 spiro atoms. The van der Waals surface area contributed by atoms with Crippen molar-refractivity contribution in [2.75, 3.05) is 6.54 Å². The van der Waals surface area contributed by atoms with E-state index in [0.29, 0.717) is 5.41 Å². The SMILES string of the molecule is C=CCC(C)(C)C1C2C3CN3C21. The normalized spacial score (nSPS) is 53.3. The van der Waals surface area contributed by atoms with Crippen LogP contribution in [-0.4, -0.2) is 23.5 Å². The molecular formula is C11H17N. The summed E-state index contributed by atoms with van der Waals surface area (Å²) in [5, 5.41) is 0. The third kappa shape index (κ3) is 0.646. The van der Waals surface area contributed by atoms with Crippen molar-refractivity contribution in [1.82, 2.24) is 4.90 Å². The third-order valence-corrected chi connectivity index (χ3v) is 4.13. The van der Waals surface area contributed by atoms with Crippen molar-refractivity contribution in [2.45, 2.75) is 32.4 Å². The highest BCUT2D eigenvalue weighted by Crippen LogP contribution is 2.70. The average Bonchev–Trinajstić information content (AvgIpc) is 2.67. The second kappa shape index (κ2) is 1.79. The number of piperidine rings is 1. The number of hydrogen-bond donors (Lipinski definition) is 0. The van der Waals surface area contributed by atoms with Crippen molar-refractivity contribution in [3.05, 3.63) is 12.7 Å². The highest BCUT2D eigenvalue weighted by Gasteiger charge is 2.78. The Balaban J connectivity index is 1.71. The minimum atomic E-state index is 0.518. The molecular weight excluding hydrogens is 146 g/mol. The number of nitrogens with zero attached hydrogens (tertiary/aromatic N) is 1. The van der Waals surface area contributed by atoms with Gasteiger partial charge in [-0.25, -0.2) is 0 Å². The molecule has 66 valence electrons. The Morgan fingerprint density at radius 3 is 2.83 bits per heavy atom. The summed E-state index contributed by atoms with van der Waals surface area (Å²) in [5.74, 6) is 2.08. The van der Waals surface area contributed by atoms with Gasteiger partial charge in [-0.05, 0) is 23.7 Å². The minimum Gasteiger partial charge on any atom is -0.294 e. The van der Waals surface area contributed by atoms with E-state index in [4.69, 9.17) is 0 Å². The first-order chi connectivity index (χ1) is 5.67. The van der Waals surface area contributed by atoms with Gasteiger partial charge in [0.15, 0.2) is 0 Å². The van der Waals surface area contributed by atoms with Crippen molar-refractivity contribution in [2.24, 2.45) is 17.3 Å². The van der Waals surface area contributed by atoms with Gasteiger partial charge in [-0.3, -0.25) is 4.90 Å². The van der Waals surface area contributed by atoms with Crippen molar-refractivity contribution < 1.29 is 0 Å². The van der Waals surface area contributed by atoms with Gasteiger partial charge in [0.05, 0.1) is 0 Å². The summed E-state index contributed by atoms with van der Waals surface area (Å²) in [6.07, 6.45) is 3.27. The molecule has 3 fully saturated rings. The Morgan fingerprint density at radius 1 is 1.58 bits per heavy atom. The summed E-state index contributed by atoms with van der Waals surface area (Å²) < 4.78 is 0. The maximum absolute atomic E-state index is 3.84. The van der Waals surface area contributed by atoms with E-state index in [1.165, 1.54) is 13.0 Å². The highest BCUT2D eigenvalue weighted by atomic mass is 15.5. The van der Waals surface area contributed by atoms with E-state index < -0.39 is 0 Å². The van der Waals surface area contributed by atoms with Gasteiger partial charge in [0.2, 0.25) is 0 Å². The molecule has 1 nitrogen and oxygen atoms in total. The molecule has 0 amide bonds. The molecule has 0 radical (unpaired) electrons. The fourth-order valence-electron chi connectivity index (χ4n) is 3.46. The van der Waals surface area contributed by atoms with Crippen molar-refractivity contribution in [1.29, 1.82) is 0 Å². The monoisotopic (exact) mass is 163 g/mol. The van der Waals surface area contributed by atoms with E-state index in [9.17, 15) is 0 Å². The first kappa shape index (κ1) is 7.14. The molecule has 2 aliphatic heterocycles. The van der Waals surface area contributed by atoms with Crippen LogP contribution in [0, 0.1) is 17.3 Å². The molecule has 0 aromatic rings. The van der Waals surface area contributed by atoms with Crippen LogP contribution in [0.15, 0.2) is 12.7 Å². The molecule has 0 aromatic heterocycles. The van der Waals surface area contributed by atoms with E-state index in [0.717, 1.165) is 23.9 Å². The van der Waals surface area contributed by atoms with Gasteiger partial charge in [-0.2, -0.15) is 0 Å². The van der Waals surface area contributed by atoms with Crippen LogP contribution in [0.25, 0.3) is 0 Å². The van der Waals surface area contributed by atoms with Gasteiger partial charge in [0, 0.05) is 18.6 Å². The summed E-state index contributed by atoms with van der Waals surface area (Å²) in [6, 6.07) is 2.01. The van der Waals surface area contributed by atoms with Gasteiger partial charge in [0.1, 0.15) is 0 Å². The largest absolute Gasteiger partial charge is 0.294 e. The quantitative estimate of drug-likeness (QED) is 0.453. The molecule has 5 atom stereocenters. The molecule has 0 aromatic carbocycles. The predicted octanol–water partition coefficient (Wildman–Crippen LogP) is 1.90. The van der Waals surface area contributed by atoms with Gasteiger partial charge in [-0.15, -0.1) is 6.58 Å². The predicted molar refractivity (Wildman–Crippen MR) is 49.9 cm³/mol. The van der Waals surface area contributed by atoms with Crippen LogP contribution >= 0.6 is 0 Å². The van der Waals surface area contributed by atoms with Crippen LogP contribution in [0.3, 0.4) is 0 Å². The second-order valence-corrected chi connectivity index (χ2v) is 5.34. The molecule has 0 N–H and O–H groups in total. The van der Waals surface area contributed by atoms with Gasteiger partial charge < -0.3 is 0 Å². The maximum Gasteiger partial charge on any atom is 0.0273 e. The van der Waals surface area contributed by atoms with Crippen molar-refractivity contribution >= 4 is 0 Å². The van der Waals surface area contributed by atoms with Crippen molar-refractivity contribution in [3.8, 4) is 0 Å². The van der Waals surface area contributed by atoms with Crippen LogP contribution in [0.2, 0.25) is 0 Å². The van der Waals surface area contributed by atoms with Crippen LogP contribution < -0.4 is 0 Å². The molecule has 2 saturated heterocycles. The van der Waals surface area contributed by atoms with Gasteiger partial charge >= 0.3 is 0 Å². The summed E-state index contributed by atoms with van der Waals surface area (Å²) >= 11 is 0. The minimum absolute atomic E-state index is 0.518. The van der Waals surface area contributed by atoms with E-state index in [-0.39, 0.29) is 0 Å². The third-order valence-electron chi connectivity index (χ3n) is 4.13. The van der Waals surface area contributed by atoms with E-state index in [2.05, 4.69) is 31.4 Å². The van der Waals surface area contributed by atoms with Crippen LogP contribution in [0.5, 0.6) is 0 Å². The summed E-state index contributed by atoms with van der Waals surface area (Å²) in [4.78, 5) is 2.65. The zero-order chi connectivity index (χ0) is 8.51. The molecule has 0 bridgehead atoms. The molecule has 1 heteroatoms. The fourth-order valence-corrected chi connectivity index (χ4v) is 3.46. The Hall–Kier alpha value is -0.300. The topological polar surface area (TPSA) is 3.01 Å². The standard InChI is InChI=1S/C11H17N/c1-4-5-11(2,3)9-8-7-6-12(7)10(8)9/h4,7-10H,1,5-6H2,2-3H3. The lowest BCUT2D eigenvalue weighted by Crippen LogP contribution is -2.20. The summed E-state index contributed by atoms with van der Waals surface area (Å²) in [7, 11) is 0. The van der Waals surface area contributed by atoms with Crippen LogP contribution in [0.4, 0.5) is 0 Å². The Morgan fingerprint density at radius 2 is 2.33 bits per heavy atom. The lowest BCUT2D eigenvalue weighted by atomic mass is 9.82. The molecule has 5 unspecified atom stereocenters. The number of rotatable bonds is 3. The van der Waals surface area contributed by atoms with Gasteiger partial charge in [0.25, 0.3) is 0 Å². The lowest BCUT2D eigenvalue weighted by molar-refractivity contribution is 0.293. The van der Waals surface area contributed by atoms with E-state index in [1.54, 1.807) is 0 Å². The molecule has 3 aliphatic rings. The number of fused-ring (bicyclic) bond motifs is 4. The summed E-state index contributed by atoms with van der Waals surface area (Å²) in [6.45, 7) is 10.1. The zero-order valence-corrected chi connectivity index (χ0v) is 7.96. The average molecular weight is 163 g/mol. The molecule has 1 aliphatic carbocycles. The van der Waals surface area contributed by atoms with E-state index >= 15 is 0 Å². The van der Waals surface area contributed by atoms with Gasteiger partial charge in [-0.1, -0.05) is 19.9 Å². The first-order valence-electron chi connectivity index (χ1n) is 5.03. The highest BCUT2D eigenvalue weighted by molar-refractivity contribution is 5.31. The lowest BCUT2D eigenvalue weighted by Gasteiger charge is -2.22. The Kier molecular flexibility index (Phi) is 1.07. The molecule has 3 rings (SSSR count). The van der Waals surface area contributed by atoms with E-state index in [1.807, 2.05) is 0 Å². The Bertz CT molecular complexity index is 229. The zero-order valence-electron chi connectivity index (χ0n) is 7.96. The maximum atomic E-state index is 3.84. The Labute approximate surface area is 74.4 Å². The van der Waals surface area contributed by atoms with Crippen LogP contribution in [-0.2, 0) is 0 Å². The molecule has 1 saturated carbocycles. The second-order valence-electron chi connectivity index (χ2n) is 5.34. The number of hydrogen-bond acceptors (Lipinski definition) is 1. The number of allylic oxidation sites excluding steroid dienone is 1. The molecule has 12 heavy (non-hydrogen) atoms. The smallest absolute Gasteiger partial charge is 0.0273 e. The fraction of sp³-hybridized carbons (Fsp3) is 0.818. The van der Waals surface area contributed by atoms with Crippen LogP contribution in [0.1, 0.15) is 20.3 Å². The molecule has 2 heterocycles.